The number of nitrogens with one attached hydrogen (secondary N) is 1. The van der Waals surface area contributed by atoms with Crippen molar-refractivity contribution in [3.8, 4) is 0 Å². The van der Waals surface area contributed by atoms with E-state index in [-0.39, 0.29) is 17.9 Å². The molecule has 1 amide bonds. The van der Waals surface area contributed by atoms with Gasteiger partial charge in [0, 0.05) is 17.3 Å². The predicted octanol–water partition coefficient (Wildman–Crippen LogP) is 1.98. The Morgan fingerprint density at radius 3 is 2.79 bits per heavy atom. The third-order valence-electron chi connectivity index (χ3n) is 3.49. The standard InChI is InChI=1S/C14H19ClN2O2/c1-10(18)11-6-7-17(8-11)9-14(19)16-13-4-2-12(15)3-5-13/h2-5,10-11,18H,6-9H2,1H3,(H,16,19). The Labute approximate surface area is 118 Å². The summed E-state index contributed by atoms with van der Waals surface area (Å²) in [7, 11) is 0. The predicted molar refractivity (Wildman–Crippen MR) is 76.3 cm³/mol. The van der Waals surface area contributed by atoms with Crippen LogP contribution >= 0.6 is 11.6 Å². The van der Waals surface area contributed by atoms with Crippen molar-refractivity contribution < 1.29 is 9.90 Å². The van der Waals surface area contributed by atoms with Gasteiger partial charge in [-0.15, -0.1) is 0 Å². The van der Waals surface area contributed by atoms with Gasteiger partial charge in [-0.05, 0) is 50.1 Å². The zero-order chi connectivity index (χ0) is 13.8. The highest BCUT2D eigenvalue weighted by Crippen LogP contribution is 2.19. The van der Waals surface area contributed by atoms with E-state index >= 15 is 0 Å². The minimum absolute atomic E-state index is 0.0337. The number of amides is 1. The fourth-order valence-electron chi connectivity index (χ4n) is 2.34. The number of halogens is 1. The monoisotopic (exact) mass is 282 g/mol. The summed E-state index contributed by atoms with van der Waals surface area (Å²) in [5.41, 5.74) is 0.751. The van der Waals surface area contributed by atoms with Crippen LogP contribution in [0.3, 0.4) is 0 Å². The second-order valence-electron chi connectivity index (χ2n) is 5.08. The van der Waals surface area contributed by atoms with Crippen LogP contribution in [0, 0.1) is 5.92 Å². The lowest BCUT2D eigenvalue weighted by Crippen LogP contribution is -2.32. The van der Waals surface area contributed by atoms with Gasteiger partial charge in [-0.2, -0.15) is 0 Å². The van der Waals surface area contributed by atoms with Gasteiger partial charge in [-0.3, -0.25) is 9.69 Å². The van der Waals surface area contributed by atoms with Crippen molar-refractivity contribution in [1.82, 2.24) is 4.90 Å². The van der Waals surface area contributed by atoms with Crippen LogP contribution in [0.2, 0.25) is 5.02 Å². The number of likely N-dealkylation sites (tertiary alicyclic amines) is 1. The minimum Gasteiger partial charge on any atom is -0.393 e. The van der Waals surface area contributed by atoms with Crippen LogP contribution in [0.25, 0.3) is 0 Å². The maximum atomic E-state index is 11.9. The lowest BCUT2D eigenvalue weighted by atomic mass is 10.0. The molecule has 2 atom stereocenters. The summed E-state index contributed by atoms with van der Waals surface area (Å²) < 4.78 is 0. The van der Waals surface area contributed by atoms with Crippen molar-refractivity contribution in [3.63, 3.8) is 0 Å². The maximum Gasteiger partial charge on any atom is 0.238 e. The fourth-order valence-corrected chi connectivity index (χ4v) is 2.46. The molecular formula is C14H19ClN2O2. The van der Waals surface area contributed by atoms with Crippen LogP contribution in [0.5, 0.6) is 0 Å². The van der Waals surface area contributed by atoms with Crippen molar-refractivity contribution in [2.24, 2.45) is 5.92 Å². The Kier molecular flexibility index (Phi) is 4.80. The number of nitrogens with zero attached hydrogens (tertiary/aromatic N) is 1. The Hall–Kier alpha value is -1.10. The molecule has 104 valence electrons. The summed E-state index contributed by atoms with van der Waals surface area (Å²) in [5.74, 6) is 0.247. The second kappa shape index (κ2) is 6.37. The van der Waals surface area contributed by atoms with Gasteiger partial charge < -0.3 is 10.4 Å². The number of anilines is 1. The van der Waals surface area contributed by atoms with Gasteiger partial charge in [-0.1, -0.05) is 11.6 Å². The number of hydrogen-bond donors (Lipinski definition) is 2. The van der Waals surface area contributed by atoms with Gasteiger partial charge in [-0.25, -0.2) is 0 Å². The molecule has 2 rings (SSSR count). The SMILES string of the molecule is CC(O)C1CCN(CC(=O)Nc2ccc(Cl)cc2)C1. The minimum atomic E-state index is -0.302. The molecule has 1 aliphatic rings. The van der Waals surface area contributed by atoms with E-state index in [4.69, 9.17) is 11.6 Å². The molecule has 0 saturated carbocycles. The summed E-state index contributed by atoms with van der Waals surface area (Å²) in [6.45, 7) is 3.82. The van der Waals surface area contributed by atoms with E-state index in [0.29, 0.717) is 11.6 Å². The van der Waals surface area contributed by atoms with Crippen LogP contribution in [0.1, 0.15) is 13.3 Å². The van der Waals surface area contributed by atoms with Crippen molar-refractivity contribution in [2.45, 2.75) is 19.4 Å². The molecule has 0 radical (unpaired) electrons. The first-order chi connectivity index (χ1) is 9.04. The average molecular weight is 283 g/mol. The number of carbonyl (C=O) groups is 1. The molecule has 0 spiro atoms. The lowest BCUT2D eigenvalue weighted by Gasteiger charge is -2.17. The molecule has 1 fully saturated rings. The van der Waals surface area contributed by atoms with E-state index in [2.05, 4.69) is 10.2 Å². The van der Waals surface area contributed by atoms with Gasteiger partial charge in [0.25, 0.3) is 0 Å². The molecule has 1 heterocycles. The topological polar surface area (TPSA) is 52.6 Å². The molecule has 1 saturated heterocycles. The number of aliphatic hydroxyl groups excluding tert-OH is 1. The highest BCUT2D eigenvalue weighted by Gasteiger charge is 2.26. The molecular weight excluding hydrogens is 264 g/mol. The highest BCUT2D eigenvalue weighted by atomic mass is 35.5. The second-order valence-corrected chi connectivity index (χ2v) is 5.52. The molecule has 4 nitrogen and oxygen atoms in total. The zero-order valence-corrected chi connectivity index (χ0v) is 11.7. The third-order valence-corrected chi connectivity index (χ3v) is 3.74. The largest absolute Gasteiger partial charge is 0.393 e. The molecule has 19 heavy (non-hydrogen) atoms. The number of hydrogen-bond acceptors (Lipinski definition) is 3. The lowest BCUT2D eigenvalue weighted by molar-refractivity contribution is -0.117. The smallest absolute Gasteiger partial charge is 0.238 e. The third kappa shape index (κ3) is 4.20. The van der Waals surface area contributed by atoms with Gasteiger partial charge in [0.2, 0.25) is 5.91 Å². The molecule has 1 aliphatic heterocycles. The van der Waals surface area contributed by atoms with E-state index in [1.165, 1.54) is 0 Å². The Balaban J connectivity index is 1.80. The van der Waals surface area contributed by atoms with Gasteiger partial charge >= 0.3 is 0 Å². The van der Waals surface area contributed by atoms with Crippen molar-refractivity contribution in [3.05, 3.63) is 29.3 Å². The average Bonchev–Trinajstić information content (AvgIpc) is 2.80. The van der Waals surface area contributed by atoms with Crippen LogP contribution in [0.4, 0.5) is 5.69 Å². The van der Waals surface area contributed by atoms with Crippen molar-refractivity contribution in [1.29, 1.82) is 0 Å². The first kappa shape index (κ1) is 14.3. The molecule has 2 N–H and O–H groups in total. The highest BCUT2D eigenvalue weighted by molar-refractivity contribution is 6.30. The molecule has 1 aromatic rings. The number of carbonyl (C=O) groups excluding carboxylic acids is 1. The summed E-state index contributed by atoms with van der Waals surface area (Å²) in [6.07, 6.45) is 0.649. The van der Waals surface area contributed by atoms with Gasteiger partial charge in [0.1, 0.15) is 0 Å². The zero-order valence-electron chi connectivity index (χ0n) is 11.0. The maximum absolute atomic E-state index is 11.9. The first-order valence-corrected chi connectivity index (χ1v) is 6.88. The number of aliphatic hydroxyl groups is 1. The Bertz CT molecular complexity index is 434. The van der Waals surface area contributed by atoms with E-state index in [1.54, 1.807) is 24.3 Å². The summed E-state index contributed by atoms with van der Waals surface area (Å²) in [4.78, 5) is 14.0. The first-order valence-electron chi connectivity index (χ1n) is 6.50. The van der Waals surface area contributed by atoms with Gasteiger partial charge in [0.05, 0.1) is 12.6 Å². The normalized spacial score (nSPS) is 21.3. The molecule has 0 aliphatic carbocycles. The summed E-state index contributed by atoms with van der Waals surface area (Å²) in [6, 6.07) is 7.05. The number of benzene rings is 1. The van der Waals surface area contributed by atoms with Crippen LogP contribution in [-0.4, -0.2) is 41.7 Å². The summed E-state index contributed by atoms with van der Waals surface area (Å²) in [5, 5.41) is 13.0. The molecule has 5 heteroatoms. The van der Waals surface area contributed by atoms with Gasteiger partial charge in [0.15, 0.2) is 0 Å². The molecule has 1 aromatic carbocycles. The quantitative estimate of drug-likeness (QED) is 0.888. The Morgan fingerprint density at radius 1 is 1.53 bits per heavy atom. The molecule has 0 aromatic heterocycles. The van der Waals surface area contributed by atoms with E-state index in [1.807, 2.05) is 6.92 Å². The van der Waals surface area contributed by atoms with Crippen LogP contribution in [-0.2, 0) is 4.79 Å². The summed E-state index contributed by atoms with van der Waals surface area (Å²) >= 11 is 5.79. The molecule has 2 unspecified atom stereocenters. The van der Waals surface area contributed by atoms with Crippen LogP contribution in [0.15, 0.2) is 24.3 Å². The van der Waals surface area contributed by atoms with Crippen molar-refractivity contribution in [2.75, 3.05) is 25.0 Å². The Morgan fingerprint density at radius 2 is 2.21 bits per heavy atom. The van der Waals surface area contributed by atoms with E-state index in [9.17, 15) is 9.90 Å². The van der Waals surface area contributed by atoms with Crippen molar-refractivity contribution >= 4 is 23.2 Å². The van der Waals surface area contributed by atoms with E-state index in [0.717, 1.165) is 25.2 Å². The fraction of sp³-hybridized carbons (Fsp3) is 0.500. The number of rotatable bonds is 4. The van der Waals surface area contributed by atoms with E-state index < -0.39 is 0 Å². The molecule has 0 bridgehead atoms. The van der Waals surface area contributed by atoms with Crippen LogP contribution < -0.4 is 5.32 Å².